The number of aromatic nitrogens is 1. The van der Waals surface area contributed by atoms with Crippen molar-refractivity contribution in [2.45, 2.75) is 18.5 Å². The van der Waals surface area contributed by atoms with Gasteiger partial charge in [0.25, 0.3) is 5.56 Å². The normalized spacial score (nSPS) is 20.1. The summed E-state index contributed by atoms with van der Waals surface area (Å²) in [6.07, 6.45) is -3.38. The monoisotopic (exact) mass is 322 g/mol. The van der Waals surface area contributed by atoms with E-state index in [0.717, 1.165) is 5.56 Å². The molecule has 4 nitrogen and oxygen atoms in total. The molecule has 2 aromatic rings. The summed E-state index contributed by atoms with van der Waals surface area (Å²) in [5.74, 6) is -0.726. The fourth-order valence-electron chi connectivity index (χ4n) is 2.52. The van der Waals surface area contributed by atoms with Crippen molar-refractivity contribution in [1.29, 1.82) is 0 Å². The second-order valence-corrected chi connectivity index (χ2v) is 5.48. The summed E-state index contributed by atoms with van der Waals surface area (Å²) in [6, 6.07) is 10.0. The van der Waals surface area contributed by atoms with Gasteiger partial charge in [0, 0.05) is 12.1 Å². The standard InChI is InChI=1S/C16H13F3N2O2/c17-16(18,19)10-6-13(15(23)20-8-10)21-14(22)12-7-11(12)9-4-2-1-3-5-9/h1-6,8,11-12H,7H2,(H,20,23)(H,21,22)/t11-,12-/m0/s1. The Morgan fingerprint density at radius 3 is 2.57 bits per heavy atom. The Hall–Kier alpha value is -2.57. The van der Waals surface area contributed by atoms with Crippen LogP contribution < -0.4 is 10.9 Å². The van der Waals surface area contributed by atoms with Crippen molar-refractivity contribution in [2.75, 3.05) is 5.32 Å². The number of anilines is 1. The third kappa shape index (κ3) is 3.28. The molecule has 1 heterocycles. The lowest BCUT2D eigenvalue weighted by Gasteiger charge is -2.09. The fraction of sp³-hybridized carbons (Fsp3) is 0.250. The predicted octanol–water partition coefficient (Wildman–Crippen LogP) is 3.14. The maximum absolute atomic E-state index is 12.7. The quantitative estimate of drug-likeness (QED) is 0.912. The van der Waals surface area contributed by atoms with E-state index in [9.17, 15) is 22.8 Å². The molecule has 120 valence electrons. The van der Waals surface area contributed by atoms with E-state index in [0.29, 0.717) is 18.7 Å². The van der Waals surface area contributed by atoms with Crippen LogP contribution in [0.1, 0.15) is 23.5 Å². The highest BCUT2D eigenvalue weighted by atomic mass is 19.4. The molecule has 1 fully saturated rings. The van der Waals surface area contributed by atoms with Crippen molar-refractivity contribution in [1.82, 2.24) is 4.98 Å². The van der Waals surface area contributed by atoms with Crippen LogP contribution in [0.3, 0.4) is 0 Å². The Morgan fingerprint density at radius 1 is 1.22 bits per heavy atom. The molecule has 3 rings (SSSR count). The topological polar surface area (TPSA) is 62.0 Å². The van der Waals surface area contributed by atoms with Gasteiger partial charge in [0.15, 0.2) is 0 Å². The molecule has 7 heteroatoms. The molecule has 1 amide bonds. The molecule has 1 saturated carbocycles. The molecule has 1 aliphatic carbocycles. The number of aromatic amines is 1. The third-order valence-electron chi connectivity index (χ3n) is 3.84. The molecule has 0 aliphatic heterocycles. The number of nitrogens with one attached hydrogen (secondary N) is 2. The number of rotatable bonds is 3. The number of pyridine rings is 1. The molecular formula is C16H13F3N2O2. The maximum atomic E-state index is 12.7. The van der Waals surface area contributed by atoms with Gasteiger partial charge in [-0.25, -0.2) is 0 Å². The zero-order chi connectivity index (χ0) is 16.6. The lowest BCUT2D eigenvalue weighted by Crippen LogP contribution is -2.22. The molecule has 1 aromatic heterocycles. The van der Waals surface area contributed by atoms with Gasteiger partial charge in [-0.3, -0.25) is 9.59 Å². The number of alkyl halides is 3. The van der Waals surface area contributed by atoms with Crippen LogP contribution in [0.15, 0.2) is 47.4 Å². The van der Waals surface area contributed by atoms with Crippen LogP contribution in [0.2, 0.25) is 0 Å². The number of hydrogen-bond donors (Lipinski definition) is 2. The smallest absolute Gasteiger partial charge is 0.327 e. The first kappa shape index (κ1) is 15.3. The number of carbonyl (C=O) groups is 1. The third-order valence-corrected chi connectivity index (χ3v) is 3.84. The zero-order valence-corrected chi connectivity index (χ0v) is 11.9. The van der Waals surface area contributed by atoms with Crippen molar-refractivity contribution >= 4 is 11.6 Å². The molecule has 0 spiro atoms. The first-order chi connectivity index (χ1) is 10.9. The van der Waals surface area contributed by atoms with Gasteiger partial charge in [-0.15, -0.1) is 0 Å². The summed E-state index contributed by atoms with van der Waals surface area (Å²) in [6.45, 7) is 0. The van der Waals surface area contributed by atoms with Gasteiger partial charge < -0.3 is 10.3 Å². The summed E-state index contributed by atoms with van der Waals surface area (Å²) >= 11 is 0. The predicted molar refractivity (Wildman–Crippen MR) is 78.0 cm³/mol. The number of amides is 1. The molecule has 2 atom stereocenters. The van der Waals surface area contributed by atoms with Crippen LogP contribution in [0.4, 0.5) is 18.9 Å². The van der Waals surface area contributed by atoms with E-state index in [1.165, 1.54) is 0 Å². The van der Waals surface area contributed by atoms with Gasteiger partial charge in [-0.1, -0.05) is 30.3 Å². The molecule has 1 aliphatic rings. The Balaban J connectivity index is 1.73. The molecule has 0 bridgehead atoms. The molecule has 0 saturated heterocycles. The molecular weight excluding hydrogens is 309 g/mol. The number of H-pyrrole nitrogens is 1. The summed E-state index contributed by atoms with van der Waals surface area (Å²) in [5.41, 5.74) is -1.15. The van der Waals surface area contributed by atoms with Crippen molar-refractivity contribution in [3.63, 3.8) is 0 Å². The van der Waals surface area contributed by atoms with E-state index in [2.05, 4.69) is 5.32 Å². The molecule has 1 aromatic carbocycles. The van der Waals surface area contributed by atoms with E-state index >= 15 is 0 Å². The molecule has 2 N–H and O–H groups in total. The average Bonchev–Trinajstić information content (AvgIpc) is 3.30. The van der Waals surface area contributed by atoms with Crippen LogP contribution in [0, 0.1) is 5.92 Å². The Morgan fingerprint density at radius 2 is 1.91 bits per heavy atom. The molecule has 0 unspecified atom stereocenters. The highest BCUT2D eigenvalue weighted by Crippen LogP contribution is 2.47. The minimum Gasteiger partial charge on any atom is -0.327 e. The van der Waals surface area contributed by atoms with E-state index in [4.69, 9.17) is 0 Å². The number of hydrogen-bond acceptors (Lipinski definition) is 2. The molecule has 0 radical (unpaired) electrons. The van der Waals surface area contributed by atoms with Gasteiger partial charge in [0.2, 0.25) is 5.91 Å². The van der Waals surface area contributed by atoms with Crippen LogP contribution in [0.5, 0.6) is 0 Å². The Labute approximate surface area is 129 Å². The first-order valence-electron chi connectivity index (χ1n) is 7.02. The highest BCUT2D eigenvalue weighted by Gasteiger charge is 2.44. The maximum Gasteiger partial charge on any atom is 0.417 e. The van der Waals surface area contributed by atoms with Gasteiger partial charge in [-0.2, -0.15) is 13.2 Å². The number of carbonyl (C=O) groups excluding carboxylic acids is 1. The fourth-order valence-corrected chi connectivity index (χ4v) is 2.52. The van der Waals surface area contributed by atoms with Crippen LogP contribution >= 0.6 is 0 Å². The van der Waals surface area contributed by atoms with Crippen LogP contribution in [0.25, 0.3) is 0 Å². The first-order valence-corrected chi connectivity index (χ1v) is 7.02. The lowest BCUT2D eigenvalue weighted by molar-refractivity contribution is -0.137. The van der Waals surface area contributed by atoms with Crippen LogP contribution in [-0.4, -0.2) is 10.9 Å². The zero-order valence-electron chi connectivity index (χ0n) is 11.9. The van der Waals surface area contributed by atoms with Gasteiger partial charge in [-0.05, 0) is 24.0 Å². The minimum atomic E-state index is -4.59. The van der Waals surface area contributed by atoms with Crippen molar-refractivity contribution in [2.24, 2.45) is 5.92 Å². The van der Waals surface area contributed by atoms with Crippen molar-refractivity contribution < 1.29 is 18.0 Å². The van der Waals surface area contributed by atoms with E-state index in [-0.39, 0.29) is 17.5 Å². The van der Waals surface area contributed by atoms with Gasteiger partial charge >= 0.3 is 6.18 Å². The average molecular weight is 322 g/mol. The van der Waals surface area contributed by atoms with E-state index < -0.39 is 23.2 Å². The summed E-state index contributed by atoms with van der Waals surface area (Å²) in [7, 11) is 0. The SMILES string of the molecule is O=C(Nc1cc(C(F)(F)F)c[nH]c1=O)[C@H]1C[C@H]1c1ccccc1. The second-order valence-electron chi connectivity index (χ2n) is 5.48. The second kappa shape index (κ2) is 5.57. The molecule has 23 heavy (non-hydrogen) atoms. The van der Waals surface area contributed by atoms with Crippen molar-refractivity contribution in [3.05, 3.63) is 64.1 Å². The summed E-state index contributed by atoms with van der Waals surface area (Å²) in [4.78, 5) is 25.7. The Bertz CT molecular complexity index is 784. The summed E-state index contributed by atoms with van der Waals surface area (Å²) < 4.78 is 38.0. The number of halogens is 3. The van der Waals surface area contributed by atoms with Crippen LogP contribution in [-0.2, 0) is 11.0 Å². The van der Waals surface area contributed by atoms with Crippen molar-refractivity contribution in [3.8, 4) is 0 Å². The van der Waals surface area contributed by atoms with Gasteiger partial charge in [0.1, 0.15) is 5.69 Å². The number of benzene rings is 1. The Kier molecular flexibility index (Phi) is 3.71. The largest absolute Gasteiger partial charge is 0.417 e. The summed E-state index contributed by atoms with van der Waals surface area (Å²) in [5, 5.41) is 2.30. The van der Waals surface area contributed by atoms with Gasteiger partial charge in [0.05, 0.1) is 5.56 Å². The lowest BCUT2D eigenvalue weighted by atomic mass is 10.1. The minimum absolute atomic E-state index is 0.0427. The van der Waals surface area contributed by atoms with E-state index in [1.54, 1.807) is 0 Å². The highest BCUT2D eigenvalue weighted by molar-refractivity contribution is 5.95. The van der Waals surface area contributed by atoms with E-state index in [1.807, 2.05) is 35.3 Å².